The Morgan fingerprint density at radius 3 is 2.61 bits per heavy atom. The molecule has 2 aromatic carbocycles. The number of thioether (sulfide) groups is 1. The zero-order valence-corrected chi connectivity index (χ0v) is 16.3. The van der Waals surface area contributed by atoms with Crippen LogP contribution in [0.1, 0.15) is 5.56 Å². The minimum Gasteiger partial charge on any atom is -0.493 e. The van der Waals surface area contributed by atoms with E-state index in [9.17, 15) is 9.18 Å². The maximum Gasteiger partial charge on any atom is 0.234 e. The summed E-state index contributed by atoms with van der Waals surface area (Å²) in [6, 6.07) is 11.5. The molecule has 0 spiro atoms. The van der Waals surface area contributed by atoms with Gasteiger partial charge in [0.1, 0.15) is 5.82 Å². The van der Waals surface area contributed by atoms with Gasteiger partial charge in [-0.3, -0.25) is 4.79 Å². The topological polar surface area (TPSA) is 65.4 Å². The molecular weight excluding hydrogens is 381 g/mol. The first-order valence-corrected chi connectivity index (χ1v) is 9.48. The van der Waals surface area contributed by atoms with Crippen molar-refractivity contribution in [2.75, 3.05) is 25.3 Å². The number of hydrogen-bond donors (Lipinski definition) is 1. The quantitative estimate of drug-likeness (QED) is 0.582. The van der Waals surface area contributed by atoms with Gasteiger partial charge in [-0.1, -0.05) is 23.9 Å². The molecule has 28 heavy (non-hydrogen) atoms. The lowest BCUT2D eigenvalue weighted by Crippen LogP contribution is -2.14. The molecule has 1 heterocycles. The van der Waals surface area contributed by atoms with Crippen molar-refractivity contribution in [2.24, 2.45) is 0 Å². The molecule has 0 fully saturated rings. The van der Waals surface area contributed by atoms with Crippen LogP contribution in [-0.4, -0.2) is 35.4 Å². The summed E-state index contributed by atoms with van der Waals surface area (Å²) in [7, 11) is 3.10. The molecule has 3 rings (SSSR count). The van der Waals surface area contributed by atoms with E-state index in [1.165, 1.54) is 23.9 Å². The number of amides is 1. The number of carbonyl (C=O) groups excluding carboxylic acids is 1. The molecular formula is C20H20FN3O3S. The van der Waals surface area contributed by atoms with E-state index in [2.05, 4.69) is 10.3 Å². The summed E-state index contributed by atoms with van der Waals surface area (Å²) < 4.78 is 25.4. The molecule has 0 unspecified atom stereocenters. The van der Waals surface area contributed by atoms with Crippen molar-refractivity contribution in [3.63, 3.8) is 0 Å². The summed E-state index contributed by atoms with van der Waals surface area (Å²) in [4.78, 5) is 16.6. The van der Waals surface area contributed by atoms with E-state index < -0.39 is 0 Å². The predicted octanol–water partition coefficient (Wildman–Crippen LogP) is 3.82. The minimum atomic E-state index is -0.268. The first-order chi connectivity index (χ1) is 13.6. The largest absolute Gasteiger partial charge is 0.493 e. The summed E-state index contributed by atoms with van der Waals surface area (Å²) in [5.41, 5.74) is 1.58. The average Bonchev–Trinajstić information content (AvgIpc) is 3.15. The average molecular weight is 401 g/mol. The second-order valence-electron chi connectivity index (χ2n) is 5.87. The lowest BCUT2D eigenvalue weighted by atomic mass is 10.2. The maximum absolute atomic E-state index is 13.0. The highest BCUT2D eigenvalue weighted by Gasteiger charge is 2.10. The first kappa shape index (κ1) is 19.8. The van der Waals surface area contributed by atoms with Crippen LogP contribution in [0.5, 0.6) is 11.5 Å². The summed E-state index contributed by atoms with van der Waals surface area (Å²) in [6.07, 6.45) is 3.51. The molecule has 146 valence electrons. The molecule has 0 saturated heterocycles. The van der Waals surface area contributed by atoms with Crippen LogP contribution >= 0.6 is 11.8 Å². The molecule has 1 amide bonds. The predicted molar refractivity (Wildman–Crippen MR) is 107 cm³/mol. The molecule has 0 aliphatic rings. The second kappa shape index (κ2) is 9.27. The summed E-state index contributed by atoms with van der Waals surface area (Å²) in [6.45, 7) is 0.555. The van der Waals surface area contributed by atoms with Crippen LogP contribution in [0.25, 0.3) is 0 Å². The Hall–Kier alpha value is -3.00. The Bertz CT molecular complexity index is 944. The van der Waals surface area contributed by atoms with E-state index in [1.54, 1.807) is 50.7 Å². The van der Waals surface area contributed by atoms with Gasteiger partial charge in [0.15, 0.2) is 16.7 Å². The fourth-order valence-electron chi connectivity index (χ4n) is 2.58. The van der Waals surface area contributed by atoms with Gasteiger partial charge in [-0.15, -0.1) is 0 Å². The van der Waals surface area contributed by atoms with Gasteiger partial charge < -0.3 is 19.4 Å². The van der Waals surface area contributed by atoms with Crippen LogP contribution in [0.4, 0.5) is 10.1 Å². The number of carbonyl (C=O) groups is 1. The van der Waals surface area contributed by atoms with E-state index in [0.29, 0.717) is 28.9 Å². The van der Waals surface area contributed by atoms with Crippen molar-refractivity contribution in [2.45, 2.75) is 11.7 Å². The number of rotatable bonds is 8. The maximum atomic E-state index is 13.0. The van der Waals surface area contributed by atoms with Crippen molar-refractivity contribution in [3.8, 4) is 11.5 Å². The van der Waals surface area contributed by atoms with E-state index in [1.807, 2.05) is 10.8 Å². The van der Waals surface area contributed by atoms with Crippen molar-refractivity contribution in [1.82, 2.24) is 9.55 Å². The molecule has 1 N–H and O–H groups in total. The molecule has 0 bridgehead atoms. The van der Waals surface area contributed by atoms with E-state index in [4.69, 9.17) is 9.47 Å². The van der Waals surface area contributed by atoms with Gasteiger partial charge in [0, 0.05) is 30.7 Å². The van der Waals surface area contributed by atoms with Gasteiger partial charge in [-0.25, -0.2) is 9.37 Å². The Kier molecular flexibility index (Phi) is 6.54. The van der Waals surface area contributed by atoms with E-state index >= 15 is 0 Å². The summed E-state index contributed by atoms with van der Waals surface area (Å²) >= 11 is 1.33. The molecule has 3 aromatic rings. The zero-order valence-electron chi connectivity index (χ0n) is 15.5. The number of ether oxygens (including phenoxy) is 2. The number of methoxy groups -OCH3 is 2. The van der Waals surface area contributed by atoms with Gasteiger partial charge in [0.25, 0.3) is 0 Å². The molecule has 1 aromatic heterocycles. The van der Waals surface area contributed by atoms with Crippen LogP contribution in [0.3, 0.4) is 0 Å². The van der Waals surface area contributed by atoms with Crippen molar-refractivity contribution < 1.29 is 18.7 Å². The fraction of sp³-hybridized carbons (Fsp3) is 0.200. The van der Waals surface area contributed by atoms with Crippen molar-refractivity contribution in [1.29, 1.82) is 0 Å². The summed E-state index contributed by atoms with van der Waals surface area (Å²) in [5, 5.41) is 3.55. The lowest BCUT2D eigenvalue weighted by molar-refractivity contribution is -0.113. The molecule has 6 nitrogen and oxygen atoms in total. The van der Waals surface area contributed by atoms with Gasteiger partial charge in [-0.05, 0) is 29.8 Å². The van der Waals surface area contributed by atoms with Gasteiger partial charge in [-0.2, -0.15) is 0 Å². The van der Waals surface area contributed by atoms with E-state index in [-0.39, 0.29) is 17.5 Å². The highest BCUT2D eigenvalue weighted by atomic mass is 32.2. The number of aromatic nitrogens is 2. The Morgan fingerprint density at radius 1 is 1.14 bits per heavy atom. The third-order valence-corrected chi connectivity index (χ3v) is 4.95. The highest BCUT2D eigenvalue weighted by molar-refractivity contribution is 7.99. The first-order valence-electron chi connectivity index (χ1n) is 8.49. The van der Waals surface area contributed by atoms with Crippen LogP contribution in [0.15, 0.2) is 60.0 Å². The Morgan fingerprint density at radius 2 is 1.89 bits per heavy atom. The van der Waals surface area contributed by atoms with Gasteiger partial charge in [0.05, 0.1) is 20.0 Å². The summed E-state index contributed by atoms with van der Waals surface area (Å²) in [5.74, 6) is 0.916. The molecule has 0 aliphatic carbocycles. The van der Waals surface area contributed by atoms with Crippen molar-refractivity contribution in [3.05, 3.63) is 66.2 Å². The standard InChI is InChI=1S/C20H20FN3O3S/c1-26-17-8-7-16(11-18(17)27-2)23-19(25)13-28-20-22-9-10-24(20)12-14-3-5-15(21)6-4-14/h3-11H,12-13H2,1-2H3,(H,23,25). The van der Waals surface area contributed by atoms with Crippen LogP contribution in [0.2, 0.25) is 0 Å². The number of nitrogens with zero attached hydrogens (tertiary/aromatic N) is 2. The molecule has 8 heteroatoms. The second-order valence-corrected chi connectivity index (χ2v) is 6.81. The van der Waals surface area contributed by atoms with Crippen LogP contribution in [0, 0.1) is 5.82 Å². The highest BCUT2D eigenvalue weighted by Crippen LogP contribution is 2.29. The zero-order chi connectivity index (χ0) is 19.9. The van der Waals surface area contributed by atoms with E-state index in [0.717, 1.165) is 5.56 Å². The monoisotopic (exact) mass is 401 g/mol. The third-order valence-electron chi connectivity index (χ3n) is 3.94. The Balaban J connectivity index is 1.58. The number of halogens is 1. The molecule has 0 atom stereocenters. The van der Waals surface area contributed by atoms with Gasteiger partial charge in [0.2, 0.25) is 5.91 Å². The van der Waals surface area contributed by atoms with Crippen molar-refractivity contribution >= 4 is 23.4 Å². The number of imidazole rings is 1. The SMILES string of the molecule is COc1ccc(NC(=O)CSc2nccn2Cc2ccc(F)cc2)cc1OC. The fourth-order valence-corrected chi connectivity index (χ4v) is 3.34. The minimum absolute atomic E-state index is 0.159. The molecule has 0 saturated carbocycles. The molecule has 0 radical (unpaired) electrons. The number of benzene rings is 2. The Labute approximate surface area is 166 Å². The smallest absolute Gasteiger partial charge is 0.234 e. The number of nitrogens with one attached hydrogen (secondary N) is 1. The molecule has 0 aliphatic heterocycles. The van der Waals surface area contributed by atoms with Crippen LogP contribution < -0.4 is 14.8 Å². The van der Waals surface area contributed by atoms with Crippen LogP contribution in [-0.2, 0) is 11.3 Å². The third kappa shape index (κ3) is 5.04. The normalized spacial score (nSPS) is 10.5. The lowest BCUT2D eigenvalue weighted by Gasteiger charge is -2.11. The van der Waals surface area contributed by atoms with Gasteiger partial charge >= 0.3 is 0 Å². The number of anilines is 1. The number of hydrogen-bond acceptors (Lipinski definition) is 5.